The number of nitrogens with one attached hydrogen (secondary N) is 2. The molecular formula is C9H13N3O. The molecule has 0 aromatic carbocycles. The molecule has 4 heteroatoms. The largest absolute Gasteiger partial charge is 0.307 e. The fourth-order valence-corrected chi connectivity index (χ4v) is 0.769. The second kappa shape index (κ2) is 3.89. The summed E-state index contributed by atoms with van der Waals surface area (Å²) in [4.78, 5) is 11.4. The first-order valence-corrected chi connectivity index (χ1v) is 4.06. The van der Waals surface area contributed by atoms with Crippen LogP contribution in [0.25, 0.3) is 0 Å². The van der Waals surface area contributed by atoms with Crippen LogP contribution in [0.1, 0.15) is 20.8 Å². The van der Waals surface area contributed by atoms with Gasteiger partial charge < -0.3 is 5.32 Å². The Labute approximate surface area is 77.0 Å². The topological polar surface area (TPSA) is 57.8 Å². The lowest BCUT2D eigenvalue weighted by atomic mass is 10.2. The molecule has 1 heterocycles. The second-order valence-electron chi connectivity index (χ2n) is 3.05. The van der Waals surface area contributed by atoms with E-state index in [-0.39, 0.29) is 5.91 Å². The van der Waals surface area contributed by atoms with Gasteiger partial charge in [-0.15, -0.1) is 0 Å². The molecular weight excluding hydrogens is 166 g/mol. The summed E-state index contributed by atoms with van der Waals surface area (Å²) >= 11 is 0. The standard InChI is InChI=1S/C9H13N3O/c1-6(2)7(3)9(13)11-8-4-5-10-12-8/h4-5H,1-3H3,(H2,10,11,12,13). The molecule has 0 atom stereocenters. The molecule has 70 valence electrons. The molecule has 0 saturated carbocycles. The number of carbonyl (C=O) groups excluding carboxylic acids is 1. The average molecular weight is 179 g/mol. The van der Waals surface area contributed by atoms with Gasteiger partial charge in [-0.2, -0.15) is 5.10 Å². The van der Waals surface area contributed by atoms with Gasteiger partial charge in [-0.3, -0.25) is 9.89 Å². The van der Waals surface area contributed by atoms with Crippen LogP contribution in [0.5, 0.6) is 0 Å². The molecule has 0 fully saturated rings. The predicted octanol–water partition coefficient (Wildman–Crippen LogP) is 1.70. The third-order valence-corrected chi connectivity index (χ3v) is 1.84. The van der Waals surface area contributed by atoms with Crippen molar-refractivity contribution in [3.63, 3.8) is 0 Å². The van der Waals surface area contributed by atoms with E-state index in [2.05, 4.69) is 15.5 Å². The van der Waals surface area contributed by atoms with Gasteiger partial charge in [-0.25, -0.2) is 0 Å². The summed E-state index contributed by atoms with van der Waals surface area (Å²) in [6.07, 6.45) is 1.59. The Morgan fingerprint density at radius 1 is 1.46 bits per heavy atom. The lowest BCUT2D eigenvalue weighted by Crippen LogP contribution is -2.13. The van der Waals surface area contributed by atoms with Crippen LogP contribution in [0.3, 0.4) is 0 Å². The summed E-state index contributed by atoms with van der Waals surface area (Å²) in [5.74, 6) is 0.523. The number of aromatic amines is 1. The van der Waals surface area contributed by atoms with E-state index in [1.165, 1.54) is 0 Å². The minimum absolute atomic E-state index is 0.0933. The number of anilines is 1. The first kappa shape index (κ1) is 9.51. The van der Waals surface area contributed by atoms with Crippen molar-refractivity contribution in [3.05, 3.63) is 23.4 Å². The van der Waals surface area contributed by atoms with Crippen molar-refractivity contribution in [1.82, 2.24) is 10.2 Å². The van der Waals surface area contributed by atoms with E-state index in [0.29, 0.717) is 5.82 Å². The van der Waals surface area contributed by atoms with E-state index in [9.17, 15) is 4.79 Å². The van der Waals surface area contributed by atoms with Crippen LogP contribution in [0.4, 0.5) is 5.82 Å². The Kier molecular flexibility index (Phi) is 2.84. The molecule has 1 aromatic heterocycles. The number of H-pyrrole nitrogens is 1. The number of carbonyl (C=O) groups is 1. The molecule has 0 spiro atoms. The van der Waals surface area contributed by atoms with Crippen molar-refractivity contribution in [1.29, 1.82) is 0 Å². The van der Waals surface area contributed by atoms with Crippen LogP contribution in [0, 0.1) is 0 Å². The van der Waals surface area contributed by atoms with Gasteiger partial charge in [0.15, 0.2) is 0 Å². The van der Waals surface area contributed by atoms with E-state index in [0.717, 1.165) is 11.1 Å². The third-order valence-electron chi connectivity index (χ3n) is 1.84. The summed E-state index contributed by atoms with van der Waals surface area (Å²) in [5.41, 5.74) is 1.74. The molecule has 0 bridgehead atoms. The molecule has 0 saturated heterocycles. The fraction of sp³-hybridized carbons (Fsp3) is 0.333. The maximum atomic E-state index is 11.4. The first-order chi connectivity index (χ1) is 6.11. The maximum absolute atomic E-state index is 11.4. The van der Waals surface area contributed by atoms with Gasteiger partial charge in [-0.1, -0.05) is 5.57 Å². The van der Waals surface area contributed by atoms with E-state index in [1.807, 2.05) is 13.8 Å². The number of hydrogen-bond donors (Lipinski definition) is 2. The SMILES string of the molecule is CC(C)=C(C)C(=O)Nc1ccn[nH]1. The van der Waals surface area contributed by atoms with Gasteiger partial charge >= 0.3 is 0 Å². The number of hydrogen-bond acceptors (Lipinski definition) is 2. The van der Waals surface area contributed by atoms with Gasteiger partial charge in [0, 0.05) is 11.6 Å². The minimum Gasteiger partial charge on any atom is -0.307 e. The van der Waals surface area contributed by atoms with E-state index < -0.39 is 0 Å². The van der Waals surface area contributed by atoms with Crippen LogP contribution >= 0.6 is 0 Å². The Morgan fingerprint density at radius 3 is 2.62 bits per heavy atom. The van der Waals surface area contributed by atoms with Gasteiger partial charge in [0.25, 0.3) is 5.91 Å². The third kappa shape index (κ3) is 2.43. The summed E-state index contributed by atoms with van der Waals surface area (Å²) in [5, 5.41) is 9.07. The zero-order valence-corrected chi connectivity index (χ0v) is 8.01. The van der Waals surface area contributed by atoms with Crippen molar-refractivity contribution >= 4 is 11.7 Å². The average Bonchev–Trinajstić information content (AvgIpc) is 2.55. The van der Waals surface area contributed by atoms with Crippen LogP contribution in [-0.4, -0.2) is 16.1 Å². The Hall–Kier alpha value is -1.58. The number of aromatic nitrogens is 2. The predicted molar refractivity (Wildman–Crippen MR) is 51.3 cm³/mol. The lowest BCUT2D eigenvalue weighted by Gasteiger charge is -2.03. The van der Waals surface area contributed by atoms with Crippen molar-refractivity contribution in [2.75, 3.05) is 5.32 Å². The summed E-state index contributed by atoms with van der Waals surface area (Å²) in [6.45, 7) is 5.60. The van der Waals surface area contributed by atoms with Gasteiger partial charge in [0.1, 0.15) is 5.82 Å². The van der Waals surface area contributed by atoms with Crippen LogP contribution in [0.15, 0.2) is 23.4 Å². The smallest absolute Gasteiger partial charge is 0.252 e. The molecule has 1 rings (SSSR count). The molecule has 2 N–H and O–H groups in total. The lowest BCUT2D eigenvalue weighted by molar-refractivity contribution is -0.112. The van der Waals surface area contributed by atoms with Gasteiger partial charge in [-0.05, 0) is 20.8 Å². The zero-order chi connectivity index (χ0) is 9.84. The van der Waals surface area contributed by atoms with Crippen LogP contribution in [-0.2, 0) is 4.79 Å². The Bertz CT molecular complexity index is 321. The quantitative estimate of drug-likeness (QED) is 0.679. The monoisotopic (exact) mass is 179 g/mol. The van der Waals surface area contributed by atoms with Crippen molar-refractivity contribution < 1.29 is 4.79 Å². The highest BCUT2D eigenvalue weighted by Crippen LogP contribution is 2.06. The normalized spacial score (nSPS) is 9.46. The molecule has 0 radical (unpaired) electrons. The number of amides is 1. The van der Waals surface area contributed by atoms with Crippen LogP contribution < -0.4 is 5.32 Å². The van der Waals surface area contributed by atoms with E-state index in [1.54, 1.807) is 19.2 Å². The summed E-state index contributed by atoms with van der Waals surface area (Å²) in [7, 11) is 0. The Balaban J connectivity index is 2.67. The summed E-state index contributed by atoms with van der Waals surface area (Å²) in [6, 6.07) is 1.70. The molecule has 1 amide bonds. The van der Waals surface area contributed by atoms with Crippen LogP contribution in [0.2, 0.25) is 0 Å². The van der Waals surface area contributed by atoms with Crippen molar-refractivity contribution in [2.24, 2.45) is 0 Å². The molecule has 0 aliphatic heterocycles. The highest BCUT2D eigenvalue weighted by molar-refractivity contribution is 6.03. The van der Waals surface area contributed by atoms with E-state index in [4.69, 9.17) is 0 Å². The van der Waals surface area contributed by atoms with Crippen molar-refractivity contribution in [3.8, 4) is 0 Å². The number of nitrogens with zero attached hydrogens (tertiary/aromatic N) is 1. The highest BCUT2D eigenvalue weighted by Gasteiger charge is 2.05. The van der Waals surface area contributed by atoms with Gasteiger partial charge in [0.05, 0.1) is 6.20 Å². The molecule has 0 unspecified atom stereocenters. The second-order valence-corrected chi connectivity index (χ2v) is 3.05. The van der Waals surface area contributed by atoms with E-state index >= 15 is 0 Å². The fourth-order valence-electron chi connectivity index (χ4n) is 0.769. The molecule has 1 aromatic rings. The number of rotatable bonds is 2. The first-order valence-electron chi connectivity index (χ1n) is 4.06. The Morgan fingerprint density at radius 2 is 2.15 bits per heavy atom. The molecule has 4 nitrogen and oxygen atoms in total. The zero-order valence-electron chi connectivity index (χ0n) is 8.01. The molecule has 0 aliphatic carbocycles. The van der Waals surface area contributed by atoms with Gasteiger partial charge in [0.2, 0.25) is 0 Å². The summed E-state index contributed by atoms with van der Waals surface area (Å²) < 4.78 is 0. The highest BCUT2D eigenvalue weighted by atomic mass is 16.1. The van der Waals surface area contributed by atoms with Crippen molar-refractivity contribution in [2.45, 2.75) is 20.8 Å². The number of allylic oxidation sites excluding steroid dienone is 1. The maximum Gasteiger partial charge on any atom is 0.252 e. The molecule has 13 heavy (non-hydrogen) atoms. The molecule has 0 aliphatic rings. The minimum atomic E-state index is -0.0933.